The summed E-state index contributed by atoms with van der Waals surface area (Å²) in [7, 11) is -3.85. The van der Waals surface area contributed by atoms with Crippen molar-refractivity contribution in [3.8, 4) is 0 Å². The highest BCUT2D eigenvalue weighted by Crippen LogP contribution is 2.50. The monoisotopic (exact) mass is 477 g/mol. The Morgan fingerprint density at radius 1 is 1.16 bits per heavy atom. The first-order valence-electron chi connectivity index (χ1n) is 10.9. The molecule has 1 aromatic heterocycles. The first kappa shape index (κ1) is 23.2. The van der Waals surface area contributed by atoms with Gasteiger partial charge < -0.3 is 14.0 Å². The Morgan fingerprint density at radius 2 is 1.88 bits per heavy atom. The molecule has 2 aliphatic rings. The third kappa shape index (κ3) is 4.43. The van der Waals surface area contributed by atoms with Gasteiger partial charge in [-0.1, -0.05) is 31.2 Å². The van der Waals surface area contributed by atoms with Gasteiger partial charge in [-0.25, -0.2) is 13.1 Å². The molecule has 7 nitrogen and oxygen atoms in total. The standard InChI is InChI=1S/C23H31N3O4S2/c1-22(2,3)25-32(28,29)20-12-16(14-30-20)21(27)26-15-23(10-6-5-7-11-23)18-13-17(24-31-4)8-9-19(18)26/h8-9,12-14,24-25H,5-7,10-11,15H2,1-4H3. The Morgan fingerprint density at radius 3 is 2.53 bits per heavy atom. The summed E-state index contributed by atoms with van der Waals surface area (Å²) in [5.74, 6) is -0.236. The van der Waals surface area contributed by atoms with Crippen LogP contribution in [0.1, 0.15) is 68.8 Å². The molecule has 1 aliphatic carbocycles. The Balaban J connectivity index is 1.66. The van der Waals surface area contributed by atoms with E-state index in [4.69, 9.17) is 4.42 Å². The van der Waals surface area contributed by atoms with E-state index in [1.54, 1.807) is 37.6 Å². The van der Waals surface area contributed by atoms with Gasteiger partial charge >= 0.3 is 0 Å². The largest absolute Gasteiger partial charge is 0.451 e. The summed E-state index contributed by atoms with van der Waals surface area (Å²) in [4.78, 5) is 15.3. The number of nitrogens with zero attached hydrogens (tertiary/aromatic N) is 1. The van der Waals surface area contributed by atoms with Gasteiger partial charge in [-0.3, -0.25) is 4.79 Å². The van der Waals surface area contributed by atoms with Crippen molar-refractivity contribution in [3.63, 3.8) is 0 Å². The molecular formula is C23H31N3O4S2. The maximum absolute atomic E-state index is 13.5. The number of hydrogen-bond donors (Lipinski definition) is 2. The predicted octanol–water partition coefficient (Wildman–Crippen LogP) is 4.91. The zero-order valence-corrected chi connectivity index (χ0v) is 20.7. The molecule has 1 amide bonds. The molecule has 1 aromatic carbocycles. The average Bonchev–Trinajstić information content (AvgIpc) is 3.32. The Bertz CT molecular complexity index is 1110. The summed E-state index contributed by atoms with van der Waals surface area (Å²) in [6.45, 7) is 5.87. The number of amides is 1. The summed E-state index contributed by atoms with van der Waals surface area (Å²) >= 11 is 1.54. The number of carbonyl (C=O) groups excluding carboxylic acids is 1. The number of fused-ring (bicyclic) bond motifs is 2. The number of sulfonamides is 1. The smallest absolute Gasteiger partial charge is 0.274 e. The van der Waals surface area contributed by atoms with Crippen molar-refractivity contribution in [2.45, 2.75) is 68.9 Å². The highest BCUT2D eigenvalue weighted by atomic mass is 32.2. The van der Waals surface area contributed by atoms with Crippen LogP contribution in [-0.4, -0.2) is 32.7 Å². The average molecular weight is 478 g/mol. The molecule has 32 heavy (non-hydrogen) atoms. The molecule has 2 aromatic rings. The first-order valence-corrected chi connectivity index (χ1v) is 13.6. The fraction of sp³-hybridized carbons (Fsp3) is 0.522. The van der Waals surface area contributed by atoms with Crippen LogP contribution in [0.4, 0.5) is 11.4 Å². The summed E-state index contributed by atoms with van der Waals surface area (Å²) < 4.78 is 36.4. The number of anilines is 2. The van der Waals surface area contributed by atoms with Crippen LogP contribution in [0.15, 0.2) is 40.0 Å². The zero-order chi connectivity index (χ0) is 23.1. The molecule has 2 N–H and O–H groups in total. The zero-order valence-electron chi connectivity index (χ0n) is 19.0. The summed E-state index contributed by atoms with van der Waals surface area (Å²) in [6.07, 6.45) is 8.84. The highest BCUT2D eigenvalue weighted by molar-refractivity contribution is 7.99. The van der Waals surface area contributed by atoms with E-state index in [0.29, 0.717) is 6.54 Å². The van der Waals surface area contributed by atoms with Gasteiger partial charge in [0.25, 0.3) is 15.9 Å². The van der Waals surface area contributed by atoms with Crippen LogP contribution in [0.2, 0.25) is 0 Å². The quantitative estimate of drug-likeness (QED) is 0.595. The van der Waals surface area contributed by atoms with Gasteiger partial charge in [0, 0.05) is 41.2 Å². The maximum Gasteiger partial charge on any atom is 0.274 e. The van der Waals surface area contributed by atoms with E-state index >= 15 is 0 Å². The van der Waals surface area contributed by atoms with Crippen molar-refractivity contribution in [2.24, 2.45) is 0 Å². The van der Waals surface area contributed by atoms with Crippen molar-refractivity contribution in [3.05, 3.63) is 41.7 Å². The van der Waals surface area contributed by atoms with Gasteiger partial charge in [-0.15, -0.1) is 0 Å². The molecule has 0 saturated heterocycles. The van der Waals surface area contributed by atoms with Crippen LogP contribution in [-0.2, 0) is 15.4 Å². The van der Waals surface area contributed by atoms with Gasteiger partial charge in [0.2, 0.25) is 5.09 Å². The van der Waals surface area contributed by atoms with Crippen LogP contribution in [0.25, 0.3) is 0 Å². The van der Waals surface area contributed by atoms with Crippen molar-refractivity contribution in [1.29, 1.82) is 0 Å². The number of carbonyl (C=O) groups is 1. The second-order valence-corrected chi connectivity index (χ2v) is 12.0. The minimum Gasteiger partial charge on any atom is -0.451 e. The molecule has 0 bridgehead atoms. The summed E-state index contributed by atoms with van der Waals surface area (Å²) in [6, 6.07) is 7.47. The van der Waals surface area contributed by atoms with Crippen LogP contribution >= 0.6 is 11.9 Å². The molecule has 1 fully saturated rings. The van der Waals surface area contributed by atoms with Gasteiger partial charge in [0.1, 0.15) is 6.26 Å². The topological polar surface area (TPSA) is 91.7 Å². The van der Waals surface area contributed by atoms with Crippen LogP contribution in [0, 0.1) is 0 Å². The van der Waals surface area contributed by atoms with E-state index in [9.17, 15) is 13.2 Å². The molecule has 174 valence electrons. The molecule has 0 unspecified atom stereocenters. The summed E-state index contributed by atoms with van der Waals surface area (Å²) in [5, 5.41) is -0.248. The molecular weight excluding hydrogens is 446 g/mol. The number of benzene rings is 1. The minimum atomic E-state index is -3.85. The fourth-order valence-electron chi connectivity index (χ4n) is 4.87. The van der Waals surface area contributed by atoms with Crippen molar-refractivity contribution >= 4 is 39.3 Å². The molecule has 0 radical (unpaired) electrons. The molecule has 9 heteroatoms. The van der Waals surface area contributed by atoms with E-state index in [0.717, 1.165) is 37.1 Å². The maximum atomic E-state index is 13.5. The van der Waals surface area contributed by atoms with Crippen LogP contribution in [0.3, 0.4) is 0 Å². The lowest BCUT2D eigenvalue weighted by Crippen LogP contribution is -2.40. The molecule has 1 saturated carbocycles. The highest BCUT2D eigenvalue weighted by Gasteiger charge is 2.45. The normalized spacial score (nSPS) is 18.1. The van der Waals surface area contributed by atoms with Gasteiger partial charge in [0.15, 0.2) is 0 Å². The predicted molar refractivity (Wildman–Crippen MR) is 129 cm³/mol. The fourth-order valence-corrected chi connectivity index (χ4v) is 6.59. The van der Waals surface area contributed by atoms with E-state index in [2.05, 4.69) is 15.5 Å². The first-order chi connectivity index (χ1) is 15.0. The number of furan rings is 1. The van der Waals surface area contributed by atoms with E-state index < -0.39 is 15.6 Å². The van der Waals surface area contributed by atoms with Gasteiger partial charge in [-0.2, -0.15) is 0 Å². The van der Waals surface area contributed by atoms with E-state index in [-0.39, 0.29) is 22.0 Å². The Labute approximate surface area is 194 Å². The number of hydrogen-bond acceptors (Lipinski definition) is 6. The molecule has 2 heterocycles. The lowest BCUT2D eigenvalue weighted by Gasteiger charge is -2.34. The van der Waals surface area contributed by atoms with Crippen LogP contribution in [0.5, 0.6) is 0 Å². The van der Waals surface area contributed by atoms with Gasteiger partial charge in [0.05, 0.1) is 5.56 Å². The van der Waals surface area contributed by atoms with Crippen molar-refractivity contribution in [2.75, 3.05) is 22.4 Å². The molecule has 0 atom stereocenters. The Kier molecular flexibility index (Phi) is 6.11. The number of nitrogens with one attached hydrogen (secondary N) is 2. The molecule has 1 aliphatic heterocycles. The van der Waals surface area contributed by atoms with Crippen molar-refractivity contribution in [1.82, 2.24) is 4.72 Å². The van der Waals surface area contributed by atoms with Gasteiger partial charge in [-0.05, 0) is 57.4 Å². The molecule has 4 rings (SSSR count). The van der Waals surface area contributed by atoms with Crippen molar-refractivity contribution < 1.29 is 17.6 Å². The third-order valence-corrected chi connectivity index (χ3v) is 8.19. The van der Waals surface area contributed by atoms with E-state index in [1.807, 2.05) is 18.4 Å². The lowest BCUT2D eigenvalue weighted by atomic mass is 9.70. The Hall–Kier alpha value is -1.97. The SMILES string of the molecule is CSNc1ccc2c(c1)C1(CCCCC1)CN2C(=O)c1coc(S(=O)(=O)NC(C)(C)C)c1. The minimum absolute atomic E-state index is 0.0498. The van der Waals surface area contributed by atoms with E-state index in [1.165, 1.54) is 24.3 Å². The van der Waals surface area contributed by atoms with Crippen LogP contribution < -0.4 is 14.3 Å². The third-order valence-electron chi connectivity index (χ3n) is 6.12. The number of rotatable bonds is 5. The second-order valence-electron chi connectivity index (χ2n) is 9.78. The lowest BCUT2D eigenvalue weighted by molar-refractivity contribution is 0.0982. The molecule has 1 spiro atoms. The summed E-state index contributed by atoms with van der Waals surface area (Å²) in [5.41, 5.74) is 2.67. The second kappa shape index (κ2) is 8.43.